The fourth-order valence-corrected chi connectivity index (χ4v) is 2.87. The monoisotopic (exact) mass is 265 g/mol. The number of hydrogen-bond donors (Lipinski definition) is 1. The molecular weight excluding hydrogens is 242 g/mol. The molecule has 2 unspecified atom stereocenters. The van der Waals surface area contributed by atoms with Crippen molar-refractivity contribution in [3.63, 3.8) is 0 Å². The van der Waals surface area contributed by atoms with Crippen LogP contribution < -0.4 is 10.2 Å². The molecule has 3 heterocycles. The Labute approximate surface area is 114 Å². The van der Waals surface area contributed by atoms with Gasteiger partial charge in [0, 0.05) is 26.2 Å². The largest absolute Gasteiger partial charge is 0.336 e. The number of aromatic nitrogens is 2. The molecule has 0 saturated carbocycles. The number of likely N-dealkylation sites (N-methyl/N-ethyl adjacent to an activating group) is 1. The Bertz CT molecular complexity index is 413. The Morgan fingerprint density at radius 2 is 2.05 bits per heavy atom. The third-order valence-electron chi connectivity index (χ3n) is 4.25. The molecule has 2 aliphatic heterocycles. The average molecular weight is 265 g/mol. The lowest BCUT2D eigenvalue weighted by molar-refractivity contribution is 0.239. The number of piperidine rings is 1. The second kappa shape index (κ2) is 5.46. The van der Waals surface area contributed by atoms with Gasteiger partial charge in [-0.15, -0.1) is 0 Å². The molecule has 1 aromatic heterocycles. The van der Waals surface area contributed by atoms with E-state index in [1.165, 1.54) is 12.8 Å². The zero-order chi connectivity index (χ0) is 13.2. The number of anilines is 1. The average Bonchev–Trinajstić information content (AvgIpc) is 2.89. The quantitative estimate of drug-likeness (QED) is 0.857. The first-order valence-corrected chi connectivity index (χ1v) is 7.24. The summed E-state index contributed by atoms with van der Waals surface area (Å²) in [6.45, 7) is 7.36. The highest BCUT2D eigenvalue weighted by molar-refractivity contribution is 5.29. The molecule has 6 heteroatoms. The predicted octanol–water partition coefficient (Wildman–Crippen LogP) is 0.882. The standard InChI is InChI=1S/C13H23N5O/c1-10-4-3-5-14-11(10)12-15-13(16-19-12)18-8-6-17(2)7-9-18/h10-11,14H,3-9H2,1-2H3. The lowest BCUT2D eigenvalue weighted by Crippen LogP contribution is -2.45. The second-order valence-corrected chi connectivity index (χ2v) is 5.77. The van der Waals surface area contributed by atoms with E-state index < -0.39 is 0 Å². The maximum atomic E-state index is 5.48. The van der Waals surface area contributed by atoms with Gasteiger partial charge in [0.15, 0.2) is 0 Å². The summed E-state index contributed by atoms with van der Waals surface area (Å²) in [6, 6.07) is 0.225. The van der Waals surface area contributed by atoms with Gasteiger partial charge in [0.05, 0.1) is 6.04 Å². The van der Waals surface area contributed by atoms with Gasteiger partial charge in [-0.05, 0) is 37.5 Å². The summed E-state index contributed by atoms with van der Waals surface area (Å²) >= 11 is 0. The van der Waals surface area contributed by atoms with Gasteiger partial charge in [-0.1, -0.05) is 6.92 Å². The zero-order valence-corrected chi connectivity index (χ0v) is 11.8. The lowest BCUT2D eigenvalue weighted by atomic mass is 9.93. The van der Waals surface area contributed by atoms with Crippen molar-refractivity contribution in [2.24, 2.45) is 5.92 Å². The molecule has 0 amide bonds. The van der Waals surface area contributed by atoms with Crippen LogP contribution in [0.4, 0.5) is 5.95 Å². The Balaban J connectivity index is 1.68. The summed E-state index contributed by atoms with van der Waals surface area (Å²) in [5.41, 5.74) is 0. The SMILES string of the molecule is CC1CCCNC1c1nc(N2CCN(C)CC2)no1. The minimum Gasteiger partial charge on any atom is -0.336 e. The molecule has 106 valence electrons. The summed E-state index contributed by atoms with van der Waals surface area (Å²) in [6.07, 6.45) is 2.46. The minimum absolute atomic E-state index is 0.225. The molecular formula is C13H23N5O. The van der Waals surface area contributed by atoms with Gasteiger partial charge < -0.3 is 19.6 Å². The summed E-state index contributed by atoms with van der Waals surface area (Å²) in [5.74, 6) is 2.07. The number of rotatable bonds is 2. The van der Waals surface area contributed by atoms with Crippen LogP contribution in [0.3, 0.4) is 0 Å². The molecule has 2 aliphatic rings. The van der Waals surface area contributed by atoms with Crippen molar-refractivity contribution < 1.29 is 4.52 Å². The van der Waals surface area contributed by atoms with Crippen LogP contribution in [0.5, 0.6) is 0 Å². The third kappa shape index (κ3) is 2.74. The second-order valence-electron chi connectivity index (χ2n) is 5.77. The van der Waals surface area contributed by atoms with Gasteiger partial charge in [0.1, 0.15) is 0 Å². The van der Waals surface area contributed by atoms with Crippen molar-refractivity contribution in [3.8, 4) is 0 Å². The van der Waals surface area contributed by atoms with E-state index in [4.69, 9.17) is 4.52 Å². The van der Waals surface area contributed by atoms with Crippen molar-refractivity contribution in [2.45, 2.75) is 25.8 Å². The Kier molecular flexibility index (Phi) is 3.70. The normalized spacial score (nSPS) is 29.7. The highest BCUT2D eigenvalue weighted by Crippen LogP contribution is 2.28. The zero-order valence-electron chi connectivity index (χ0n) is 11.8. The Hall–Kier alpha value is -1.14. The minimum atomic E-state index is 0.225. The maximum Gasteiger partial charge on any atom is 0.266 e. The van der Waals surface area contributed by atoms with E-state index in [0.29, 0.717) is 5.92 Å². The molecule has 6 nitrogen and oxygen atoms in total. The molecule has 0 spiro atoms. The first-order valence-electron chi connectivity index (χ1n) is 7.24. The molecule has 0 bridgehead atoms. The topological polar surface area (TPSA) is 57.4 Å². The van der Waals surface area contributed by atoms with Crippen LogP contribution >= 0.6 is 0 Å². The first-order chi connectivity index (χ1) is 9.24. The summed E-state index contributed by atoms with van der Waals surface area (Å²) in [5, 5.41) is 7.64. The molecule has 1 aromatic rings. The molecule has 3 rings (SSSR count). The van der Waals surface area contributed by atoms with Crippen molar-refractivity contribution in [1.29, 1.82) is 0 Å². The van der Waals surface area contributed by atoms with Crippen LogP contribution in [0.2, 0.25) is 0 Å². The third-order valence-corrected chi connectivity index (χ3v) is 4.25. The van der Waals surface area contributed by atoms with Crippen molar-refractivity contribution in [2.75, 3.05) is 44.7 Å². The van der Waals surface area contributed by atoms with E-state index in [9.17, 15) is 0 Å². The van der Waals surface area contributed by atoms with Gasteiger partial charge in [-0.3, -0.25) is 0 Å². The number of nitrogens with zero attached hydrogens (tertiary/aromatic N) is 4. The fraction of sp³-hybridized carbons (Fsp3) is 0.846. The molecule has 2 saturated heterocycles. The van der Waals surface area contributed by atoms with Crippen LogP contribution in [0, 0.1) is 5.92 Å². The summed E-state index contributed by atoms with van der Waals surface area (Å²) < 4.78 is 5.48. The van der Waals surface area contributed by atoms with E-state index >= 15 is 0 Å². The number of hydrogen-bond acceptors (Lipinski definition) is 6. The van der Waals surface area contributed by atoms with E-state index in [-0.39, 0.29) is 6.04 Å². The smallest absolute Gasteiger partial charge is 0.266 e. The number of nitrogens with one attached hydrogen (secondary N) is 1. The van der Waals surface area contributed by atoms with Crippen LogP contribution in [-0.2, 0) is 0 Å². The Morgan fingerprint density at radius 3 is 2.79 bits per heavy atom. The molecule has 2 atom stereocenters. The number of piperazine rings is 1. The molecule has 0 aromatic carbocycles. The summed E-state index contributed by atoms with van der Waals surface area (Å²) in [4.78, 5) is 9.13. The lowest BCUT2D eigenvalue weighted by Gasteiger charge is -2.31. The van der Waals surface area contributed by atoms with Crippen molar-refractivity contribution in [3.05, 3.63) is 5.89 Å². The van der Waals surface area contributed by atoms with Gasteiger partial charge in [-0.25, -0.2) is 0 Å². The van der Waals surface area contributed by atoms with Gasteiger partial charge >= 0.3 is 0 Å². The van der Waals surface area contributed by atoms with Gasteiger partial charge in [-0.2, -0.15) is 4.98 Å². The highest BCUT2D eigenvalue weighted by atomic mass is 16.5. The van der Waals surface area contributed by atoms with E-state index in [1.54, 1.807) is 0 Å². The maximum absolute atomic E-state index is 5.48. The van der Waals surface area contributed by atoms with E-state index in [0.717, 1.165) is 44.6 Å². The van der Waals surface area contributed by atoms with Crippen LogP contribution in [0.15, 0.2) is 4.52 Å². The molecule has 0 radical (unpaired) electrons. The van der Waals surface area contributed by atoms with Crippen molar-refractivity contribution in [1.82, 2.24) is 20.4 Å². The van der Waals surface area contributed by atoms with Crippen molar-refractivity contribution >= 4 is 5.95 Å². The van der Waals surface area contributed by atoms with Crippen LogP contribution in [0.1, 0.15) is 31.7 Å². The van der Waals surface area contributed by atoms with Crippen LogP contribution in [0.25, 0.3) is 0 Å². The fourth-order valence-electron chi connectivity index (χ4n) is 2.87. The molecule has 0 aliphatic carbocycles. The van der Waals surface area contributed by atoms with E-state index in [1.807, 2.05) is 0 Å². The van der Waals surface area contributed by atoms with Gasteiger partial charge in [0.25, 0.3) is 5.95 Å². The van der Waals surface area contributed by atoms with E-state index in [2.05, 4.69) is 39.2 Å². The molecule has 2 fully saturated rings. The Morgan fingerprint density at radius 1 is 1.26 bits per heavy atom. The van der Waals surface area contributed by atoms with Crippen LogP contribution in [-0.4, -0.2) is 54.8 Å². The highest BCUT2D eigenvalue weighted by Gasteiger charge is 2.28. The summed E-state index contributed by atoms with van der Waals surface area (Å²) in [7, 11) is 2.15. The predicted molar refractivity (Wildman–Crippen MR) is 73.1 cm³/mol. The van der Waals surface area contributed by atoms with Gasteiger partial charge in [0.2, 0.25) is 5.89 Å². The first kappa shape index (κ1) is 12.9. The molecule has 1 N–H and O–H groups in total. The molecule has 19 heavy (non-hydrogen) atoms.